The van der Waals surface area contributed by atoms with E-state index in [0.29, 0.717) is 19.4 Å². The van der Waals surface area contributed by atoms with Crippen LogP contribution in [0.25, 0.3) is 0 Å². The zero-order valence-electron chi connectivity index (χ0n) is 9.87. The molecule has 2 amide bonds. The summed E-state index contributed by atoms with van der Waals surface area (Å²) in [5, 5.41) is 0. The van der Waals surface area contributed by atoms with Crippen LogP contribution in [0.2, 0.25) is 0 Å². The van der Waals surface area contributed by atoms with Crippen molar-refractivity contribution in [2.75, 3.05) is 13.1 Å². The van der Waals surface area contributed by atoms with Crippen LogP contribution >= 0.6 is 0 Å². The Kier molecular flexibility index (Phi) is 4.29. The predicted molar refractivity (Wildman–Crippen MR) is 61.5 cm³/mol. The molecule has 0 aromatic carbocycles. The van der Waals surface area contributed by atoms with Crippen molar-refractivity contribution in [1.29, 1.82) is 0 Å². The van der Waals surface area contributed by atoms with Crippen molar-refractivity contribution < 1.29 is 9.59 Å². The summed E-state index contributed by atoms with van der Waals surface area (Å²) >= 11 is 0. The number of carbonyl (C=O) groups is 2. The molecule has 5 nitrogen and oxygen atoms in total. The van der Waals surface area contributed by atoms with Gasteiger partial charge in [0.15, 0.2) is 0 Å². The summed E-state index contributed by atoms with van der Waals surface area (Å²) in [5.41, 5.74) is 10.4. The molecule has 0 aromatic heterocycles. The lowest BCUT2D eigenvalue weighted by Crippen LogP contribution is -2.60. The number of rotatable bonds is 6. The van der Waals surface area contributed by atoms with Gasteiger partial charge in [0.05, 0.1) is 12.1 Å². The van der Waals surface area contributed by atoms with E-state index in [-0.39, 0.29) is 12.5 Å². The monoisotopic (exact) mass is 227 g/mol. The normalized spacial score (nSPS) is 17.6. The molecule has 0 unspecified atom stereocenters. The first-order valence-electron chi connectivity index (χ1n) is 5.86. The Morgan fingerprint density at radius 1 is 1.38 bits per heavy atom. The van der Waals surface area contributed by atoms with E-state index in [1.807, 2.05) is 6.92 Å². The molecule has 0 aliphatic heterocycles. The highest BCUT2D eigenvalue weighted by atomic mass is 16.2. The second-order valence-corrected chi connectivity index (χ2v) is 4.56. The van der Waals surface area contributed by atoms with Gasteiger partial charge in [-0.25, -0.2) is 0 Å². The highest BCUT2D eigenvalue weighted by Gasteiger charge is 2.42. The van der Waals surface area contributed by atoms with Crippen molar-refractivity contribution >= 4 is 11.8 Å². The zero-order chi connectivity index (χ0) is 12.2. The molecular weight excluding hydrogens is 206 g/mol. The second kappa shape index (κ2) is 5.30. The van der Waals surface area contributed by atoms with Crippen molar-refractivity contribution in [2.45, 2.75) is 44.6 Å². The minimum absolute atomic E-state index is 0.0161. The smallest absolute Gasteiger partial charge is 0.243 e. The Bertz CT molecular complexity index is 274. The first kappa shape index (κ1) is 13.0. The first-order valence-corrected chi connectivity index (χ1v) is 5.86. The molecule has 1 aliphatic carbocycles. The summed E-state index contributed by atoms with van der Waals surface area (Å²) in [7, 11) is 0. The van der Waals surface area contributed by atoms with Gasteiger partial charge in [-0.05, 0) is 25.7 Å². The van der Waals surface area contributed by atoms with E-state index in [1.165, 1.54) is 4.90 Å². The van der Waals surface area contributed by atoms with E-state index in [1.54, 1.807) is 0 Å². The SMILES string of the molecule is CCCCN(CC(N)=O)C(=O)C1(N)CCC1. The summed E-state index contributed by atoms with van der Waals surface area (Å²) < 4.78 is 0. The maximum atomic E-state index is 12.1. The Labute approximate surface area is 96.1 Å². The molecule has 0 bridgehead atoms. The number of hydrogen-bond donors (Lipinski definition) is 2. The third-order valence-corrected chi connectivity index (χ3v) is 3.09. The number of nitrogens with zero attached hydrogens (tertiary/aromatic N) is 1. The molecule has 1 rings (SSSR count). The molecule has 0 atom stereocenters. The number of nitrogens with two attached hydrogens (primary N) is 2. The zero-order valence-corrected chi connectivity index (χ0v) is 9.87. The van der Waals surface area contributed by atoms with Gasteiger partial charge in [-0.3, -0.25) is 9.59 Å². The van der Waals surface area contributed by atoms with Crippen molar-refractivity contribution in [3.8, 4) is 0 Å². The van der Waals surface area contributed by atoms with Gasteiger partial charge in [0.25, 0.3) is 0 Å². The maximum Gasteiger partial charge on any atom is 0.243 e. The van der Waals surface area contributed by atoms with Crippen LogP contribution in [0.4, 0.5) is 0 Å². The quantitative estimate of drug-likeness (QED) is 0.668. The van der Waals surface area contributed by atoms with Crippen molar-refractivity contribution in [3.63, 3.8) is 0 Å². The minimum Gasteiger partial charge on any atom is -0.368 e. The highest BCUT2D eigenvalue weighted by molar-refractivity contribution is 5.90. The lowest BCUT2D eigenvalue weighted by Gasteiger charge is -2.40. The van der Waals surface area contributed by atoms with Gasteiger partial charge in [-0.2, -0.15) is 0 Å². The number of unbranched alkanes of at least 4 members (excludes halogenated alkanes) is 1. The molecule has 4 N–H and O–H groups in total. The Balaban J connectivity index is 2.59. The molecular formula is C11H21N3O2. The van der Waals surface area contributed by atoms with Gasteiger partial charge >= 0.3 is 0 Å². The summed E-state index contributed by atoms with van der Waals surface area (Å²) in [5.74, 6) is -0.599. The molecule has 1 saturated carbocycles. The van der Waals surface area contributed by atoms with Gasteiger partial charge < -0.3 is 16.4 Å². The fourth-order valence-corrected chi connectivity index (χ4v) is 1.88. The fraction of sp³-hybridized carbons (Fsp3) is 0.818. The van der Waals surface area contributed by atoms with Crippen LogP contribution in [0.3, 0.4) is 0 Å². The standard InChI is InChI=1S/C11H21N3O2/c1-2-3-7-14(8-9(12)15)10(16)11(13)5-4-6-11/h2-8,13H2,1H3,(H2,12,15). The van der Waals surface area contributed by atoms with E-state index in [0.717, 1.165) is 19.3 Å². The average Bonchev–Trinajstić information content (AvgIpc) is 2.19. The molecule has 5 heteroatoms. The summed E-state index contributed by atoms with van der Waals surface area (Å²) in [4.78, 5) is 24.5. The predicted octanol–water partition coefficient (Wildman–Crippen LogP) is -0.0182. The van der Waals surface area contributed by atoms with E-state index in [4.69, 9.17) is 11.5 Å². The van der Waals surface area contributed by atoms with E-state index < -0.39 is 11.4 Å². The van der Waals surface area contributed by atoms with Gasteiger partial charge in [-0.15, -0.1) is 0 Å². The van der Waals surface area contributed by atoms with E-state index >= 15 is 0 Å². The molecule has 16 heavy (non-hydrogen) atoms. The molecule has 1 aliphatic rings. The van der Waals surface area contributed by atoms with Gasteiger partial charge in [0.2, 0.25) is 11.8 Å². The molecule has 0 spiro atoms. The summed E-state index contributed by atoms with van der Waals surface area (Å²) in [6, 6.07) is 0. The Morgan fingerprint density at radius 3 is 2.38 bits per heavy atom. The Hall–Kier alpha value is -1.10. The molecule has 0 aromatic rings. The van der Waals surface area contributed by atoms with Crippen molar-refractivity contribution in [2.24, 2.45) is 11.5 Å². The van der Waals surface area contributed by atoms with Crippen LogP contribution in [0, 0.1) is 0 Å². The van der Waals surface area contributed by atoms with Crippen molar-refractivity contribution in [1.82, 2.24) is 4.90 Å². The highest BCUT2D eigenvalue weighted by Crippen LogP contribution is 2.30. The summed E-state index contributed by atoms with van der Waals surface area (Å²) in [6.07, 6.45) is 4.26. The van der Waals surface area contributed by atoms with Gasteiger partial charge in [-0.1, -0.05) is 13.3 Å². The first-order chi connectivity index (χ1) is 7.49. The van der Waals surface area contributed by atoms with Crippen molar-refractivity contribution in [3.05, 3.63) is 0 Å². The van der Waals surface area contributed by atoms with Crippen LogP contribution in [0.5, 0.6) is 0 Å². The minimum atomic E-state index is -0.733. The number of hydrogen-bond acceptors (Lipinski definition) is 3. The average molecular weight is 227 g/mol. The lowest BCUT2D eigenvalue weighted by atomic mass is 9.76. The number of primary amides is 1. The van der Waals surface area contributed by atoms with Crippen LogP contribution < -0.4 is 11.5 Å². The van der Waals surface area contributed by atoms with Gasteiger partial charge in [0.1, 0.15) is 0 Å². The third kappa shape index (κ3) is 2.95. The molecule has 0 radical (unpaired) electrons. The largest absolute Gasteiger partial charge is 0.368 e. The van der Waals surface area contributed by atoms with Crippen LogP contribution in [0.1, 0.15) is 39.0 Å². The fourth-order valence-electron chi connectivity index (χ4n) is 1.88. The van der Waals surface area contributed by atoms with Gasteiger partial charge in [0, 0.05) is 6.54 Å². The third-order valence-electron chi connectivity index (χ3n) is 3.09. The second-order valence-electron chi connectivity index (χ2n) is 4.56. The van der Waals surface area contributed by atoms with Crippen LogP contribution in [-0.2, 0) is 9.59 Å². The van der Waals surface area contributed by atoms with Crippen LogP contribution in [0.15, 0.2) is 0 Å². The van der Waals surface area contributed by atoms with Crippen LogP contribution in [-0.4, -0.2) is 35.3 Å². The summed E-state index contributed by atoms with van der Waals surface area (Å²) in [6.45, 7) is 2.59. The molecule has 0 saturated heterocycles. The maximum absolute atomic E-state index is 12.1. The number of carbonyl (C=O) groups excluding carboxylic acids is 2. The van der Waals surface area contributed by atoms with E-state index in [2.05, 4.69) is 0 Å². The lowest BCUT2D eigenvalue weighted by molar-refractivity contribution is -0.142. The molecule has 1 fully saturated rings. The molecule has 92 valence electrons. The Morgan fingerprint density at radius 2 is 2.00 bits per heavy atom. The topological polar surface area (TPSA) is 89.4 Å². The molecule has 0 heterocycles. The number of amides is 2. The van der Waals surface area contributed by atoms with E-state index in [9.17, 15) is 9.59 Å².